The maximum Gasteiger partial charge on any atom is 0.167 e. The molecule has 4 atom stereocenters. The standard InChI is InChI=1S/C23H32O3/c1-14-10-16(12-17(11-14)26-6)21(25)20-15(2)18(24)13-19-22(3,4)8-7-9-23(19,20)5/h10-12,15,19-20H,7-9,13H2,1-6H3/t15-,19?,20?,23?/m1/s1. The van der Waals surface area contributed by atoms with E-state index in [2.05, 4.69) is 20.8 Å². The molecule has 2 aliphatic rings. The summed E-state index contributed by atoms with van der Waals surface area (Å²) >= 11 is 0. The van der Waals surface area contributed by atoms with Crippen LogP contribution in [0.2, 0.25) is 0 Å². The van der Waals surface area contributed by atoms with Gasteiger partial charge in [-0.2, -0.15) is 0 Å². The molecule has 3 nitrogen and oxygen atoms in total. The zero-order valence-corrected chi connectivity index (χ0v) is 17.0. The zero-order valence-electron chi connectivity index (χ0n) is 17.0. The smallest absolute Gasteiger partial charge is 0.167 e. The van der Waals surface area contributed by atoms with Gasteiger partial charge in [0.1, 0.15) is 11.5 Å². The normalized spacial score (nSPS) is 33.5. The lowest BCUT2D eigenvalue weighted by Crippen LogP contribution is -2.56. The minimum Gasteiger partial charge on any atom is -0.497 e. The third kappa shape index (κ3) is 3.00. The number of methoxy groups -OCH3 is 1. The van der Waals surface area contributed by atoms with E-state index in [1.165, 1.54) is 0 Å². The molecule has 26 heavy (non-hydrogen) atoms. The topological polar surface area (TPSA) is 43.4 Å². The van der Waals surface area contributed by atoms with Crippen molar-refractivity contribution in [2.45, 2.75) is 60.3 Å². The largest absolute Gasteiger partial charge is 0.497 e. The molecule has 3 unspecified atom stereocenters. The molecule has 3 heteroatoms. The molecule has 0 spiro atoms. The second-order valence-corrected chi connectivity index (χ2v) is 9.44. The predicted molar refractivity (Wildman–Crippen MR) is 104 cm³/mol. The van der Waals surface area contributed by atoms with E-state index in [4.69, 9.17) is 4.74 Å². The maximum absolute atomic E-state index is 13.6. The van der Waals surface area contributed by atoms with Crippen molar-refractivity contribution >= 4 is 11.6 Å². The molecule has 0 aromatic heterocycles. The van der Waals surface area contributed by atoms with Crippen molar-refractivity contribution in [3.05, 3.63) is 29.3 Å². The highest BCUT2D eigenvalue weighted by Gasteiger charge is 2.58. The lowest BCUT2D eigenvalue weighted by molar-refractivity contribution is -0.143. The summed E-state index contributed by atoms with van der Waals surface area (Å²) < 4.78 is 5.37. The molecule has 0 amide bonds. The Hall–Kier alpha value is -1.64. The van der Waals surface area contributed by atoms with Crippen LogP contribution >= 0.6 is 0 Å². The summed E-state index contributed by atoms with van der Waals surface area (Å²) in [5, 5.41) is 0. The average molecular weight is 357 g/mol. The van der Waals surface area contributed by atoms with Crippen molar-refractivity contribution in [3.63, 3.8) is 0 Å². The van der Waals surface area contributed by atoms with Crippen molar-refractivity contribution in [2.24, 2.45) is 28.6 Å². The van der Waals surface area contributed by atoms with Crippen molar-refractivity contribution in [1.82, 2.24) is 0 Å². The summed E-state index contributed by atoms with van der Waals surface area (Å²) in [5.41, 5.74) is 1.67. The van der Waals surface area contributed by atoms with E-state index in [-0.39, 0.29) is 40.2 Å². The van der Waals surface area contributed by atoms with Gasteiger partial charge < -0.3 is 4.74 Å². The minimum atomic E-state index is -0.250. The van der Waals surface area contributed by atoms with Crippen LogP contribution in [0.3, 0.4) is 0 Å². The summed E-state index contributed by atoms with van der Waals surface area (Å²) in [4.78, 5) is 26.5. The van der Waals surface area contributed by atoms with Crippen LogP contribution in [0, 0.1) is 35.5 Å². The van der Waals surface area contributed by atoms with Crippen LogP contribution < -0.4 is 4.74 Å². The van der Waals surface area contributed by atoms with Gasteiger partial charge in [0.25, 0.3) is 0 Å². The molecule has 2 fully saturated rings. The molecule has 0 saturated heterocycles. The number of aryl methyl sites for hydroxylation is 1. The first-order valence-electron chi connectivity index (χ1n) is 9.83. The first-order chi connectivity index (χ1) is 12.1. The minimum absolute atomic E-state index is 0.103. The van der Waals surface area contributed by atoms with Crippen LogP contribution in [0.4, 0.5) is 0 Å². The molecule has 0 N–H and O–H groups in total. The number of benzene rings is 1. The van der Waals surface area contributed by atoms with Crippen molar-refractivity contribution < 1.29 is 14.3 Å². The van der Waals surface area contributed by atoms with Crippen LogP contribution in [0.15, 0.2) is 18.2 Å². The van der Waals surface area contributed by atoms with Gasteiger partial charge in [-0.1, -0.05) is 34.1 Å². The highest BCUT2D eigenvalue weighted by Crippen LogP contribution is 2.60. The van der Waals surface area contributed by atoms with Crippen molar-refractivity contribution in [1.29, 1.82) is 0 Å². The fourth-order valence-electron chi connectivity index (χ4n) is 5.91. The number of ketones is 2. The fraction of sp³-hybridized carbons (Fsp3) is 0.652. The van der Waals surface area contributed by atoms with Gasteiger partial charge in [0.15, 0.2) is 5.78 Å². The molecule has 0 heterocycles. The number of carbonyl (C=O) groups excluding carboxylic acids is 2. The number of ether oxygens (including phenoxy) is 1. The lowest BCUT2D eigenvalue weighted by Gasteiger charge is -2.57. The van der Waals surface area contributed by atoms with Crippen molar-refractivity contribution in [2.75, 3.05) is 7.11 Å². The number of fused-ring (bicyclic) bond motifs is 1. The molecular formula is C23H32O3. The Labute approximate surface area is 157 Å². The average Bonchev–Trinajstić information content (AvgIpc) is 2.56. The summed E-state index contributed by atoms with van der Waals surface area (Å²) in [6.45, 7) is 10.7. The van der Waals surface area contributed by atoms with Gasteiger partial charge in [-0.25, -0.2) is 0 Å². The van der Waals surface area contributed by atoms with E-state index in [1.54, 1.807) is 7.11 Å². The molecule has 0 bridgehead atoms. The van der Waals surface area contributed by atoms with E-state index in [1.807, 2.05) is 32.0 Å². The van der Waals surface area contributed by atoms with E-state index in [9.17, 15) is 9.59 Å². The molecule has 2 aliphatic carbocycles. The van der Waals surface area contributed by atoms with E-state index in [0.717, 1.165) is 24.8 Å². The van der Waals surface area contributed by atoms with Crippen LogP contribution in [-0.2, 0) is 4.79 Å². The molecule has 142 valence electrons. The molecular weight excluding hydrogens is 324 g/mol. The van der Waals surface area contributed by atoms with Gasteiger partial charge in [-0.15, -0.1) is 0 Å². The Kier molecular flexibility index (Phi) is 4.79. The SMILES string of the molecule is COc1cc(C)cc(C(=O)C2[C@H](C)C(=O)CC3C(C)(C)CCCC23C)c1. The summed E-state index contributed by atoms with van der Waals surface area (Å²) in [7, 11) is 1.62. The second-order valence-electron chi connectivity index (χ2n) is 9.44. The van der Waals surface area contributed by atoms with Crippen molar-refractivity contribution in [3.8, 4) is 5.75 Å². The highest BCUT2D eigenvalue weighted by atomic mass is 16.5. The first kappa shape index (κ1) is 19.1. The third-order valence-corrected chi connectivity index (χ3v) is 7.25. The lowest BCUT2D eigenvalue weighted by atomic mass is 9.45. The Morgan fingerprint density at radius 2 is 1.85 bits per heavy atom. The second kappa shape index (κ2) is 6.51. The molecule has 1 aromatic carbocycles. The zero-order chi connectivity index (χ0) is 19.3. The van der Waals surface area contributed by atoms with Gasteiger partial charge in [0.05, 0.1) is 7.11 Å². The van der Waals surface area contributed by atoms with Gasteiger partial charge in [-0.3, -0.25) is 9.59 Å². The van der Waals surface area contributed by atoms with Crippen LogP contribution in [0.5, 0.6) is 5.75 Å². The van der Waals surface area contributed by atoms with Gasteiger partial charge in [0.2, 0.25) is 0 Å². The van der Waals surface area contributed by atoms with E-state index < -0.39 is 0 Å². The van der Waals surface area contributed by atoms with Gasteiger partial charge >= 0.3 is 0 Å². The molecule has 0 aliphatic heterocycles. The predicted octanol–water partition coefficient (Wildman–Crippen LogP) is 5.24. The van der Waals surface area contributed by atoms with Crippen LogP contribution in [0.25, 0.3) is 0 Å². The number of rotatable bonds is 3. The third-order valence-electron chi connectivity index (χ3n) is 7.25. The Bertz CT molecular complexity index is 733. The first-order valence-corrected chi connectivity index (χ1v) is 9.83. The number of hydrogen-bond donors (Lipinski definition) is 0. The summed E-state index contributed by atoms with van der Waals surface area (Å²) in [6.07, 6.45) is 3.90. The Morgan fingerprint density at radius 1 is 1.15 bits per heavy atom. The van der Waals surface area contributed by atoms with Crippen LogP contribution in [0.1, 0.15) is 69.3 Å². The van der Waals surface area contributed by atoms with Gasteiger partial charge in [-0.05, 0) is 60.3 Å². The van der Waals surface area contributed by atoms with E-state index in [0.29, 0.717) is 17.7 Å². The summed E-state index contributed by atoms with van der Waals surface area (Å²) in [5.74, 6) is 0.865. The van der Waals surface area contributed by atoms with Crippen LogP contribution in [-0.4, -0.2) is 18.7 Å². The molecule has 0 radical (unpaired) electrons. The summed E-state index contributed by atoms with van der Waals surface area (Å²) in [6, 6.07) is 5.69. The Balaban J connectivity index is 2.07. The molecule has 1 aromatic rings. The van der Waals surface area contributed by atoms with Gasteiger partial charge in [0, 0.05) is 23.8 Å². The molecule has 3 rings (SSSR count). The molecule has 2 saturated carbocycles. The van der Waals surface area contributed by atoms with E-state index >= 15 is 0 Å². The quantitative estimate of drug-likeness (QED) is 0.695. The maximum atomic E-state index is 13.6. The number of hydrogen-bond acceptors (Lipinski definition) is 3. The number of Topliss-reactive ketones (excluding diaryl/α,β-unsaturated/α-hetero) is 2. The fourth-order valence-corrected chi connectivity index (χ4v) is 5.91. The monoisotopic (exact) mass is 356 g/mol. The number of carbonyl (C=O) groups is 2. The Morgan fingerprint density at radius 3 is 2.50 bits per heavy atom. The highest BCUT2D eigenvalue weighted by molar-refractivity contribution is 6.02.